The first-order chi connectivity index (χ1) is 8.91. The Kier molecular flexibility index (Phi) is 4.34. The largest absolute Gasteiger partial charge is 0.493 e. The lowest BCUT2D eigenvalue weighted by Crippen LogP contribution is -2.52. The van der Waals surface area contributed by atoms with Crippen molar-refractivity contribution in [2.45, 2.75) is 5.54 Å². The van der Waals surface area contributed by atoms with Gasteiger partial charge in [-0.05, 0) is 17.7 Å². The summed E-state index contributed by atoms with van der Waals surface area (Å²) in [6.45, 7) is 0. The van der Waals surface area contributed by atoms with Gasteiger partial charge in [-0.2, -0.15) is 0 Å². The van der Waals surface area contributed by atoms with Crippen LogP contribution in [0.2, 0.25) is 0 Å². The highest BCUT2D eigenvalue weighted by Gasteiger charge is 2.46. The van der Waals surface area contributed by atoms with E-state index in [2.05, 4.69) is 4.74 Å². The van der Waals surface area contributed by atoms with Gasteiger partial charge in [0.1, 0.15) is 0 Å². The molecule has 104 valence electrons. The van der Waals surface area contributed by atoms with Crippen LogP contribution in [0.3, 0.4) is 0 Å². The number of rotatable bonds is 5. The van der Waals surface area contributed by atoms with Crippen molar-refractivity contribution < 1.29 is 28.9 Å². The van der Waals surface area contributed by atoms with E-state index in [9.17, 15) is 14.7 Å². The van der Waals surface area contributed by atoms with Gasteiger partial charge < -0.3 is 25.1 Å². The zero-order valence-corrected chi connectivity index (χ0v) is 10.8. The molecule has 1 unspecified atom stereocenters. The average molecular weight is 269 g/mol. The Bertz CT molecular complexity index is 501. The zero-order valence-electron chi connectivity index (χ0n) is 10.8. The Morgan fingerprint density at radius 2 is 1.74 bits per heavy atom. The standard InChI is InChI=1S/C12H15NO6/c1-17-8-5-4-7(6-9(8)18-2)12(13,10(14)15)11(16)19-3/h4-6H,13H2,1-3H3,(H,14,15). The number of benzene rings is 1. The van der Waals surface area contributed by atoms with E-state index in [1.807, 2.05) is 0 Å². The van der Waals surface area contributed by atoms with Crippen LogP contribution in [0.15, 0.2) is 18.2 Å². The summed E-state index contributed by atoms with van der Waals surface area (Å²) in [6, 6.07) is 4.15. The highest BCUT2D eigenvalue weighted by Crippen LogP contribution is 2.32. The van der Waals surface area contributed by atoms with E-state index in [4.69, 9.17) is 15.2 Å². The molecule has 7 nitrogen and oxygen atoms in total. The molecule has 0 aromatic heterocycles. The number of carbonyl (C=O) groups is 2. The van der Waals surface area contributed by atoms with Gasteiger partial charge in [-0.15, -0.1) is 0 Å². The number of carbonyl (C=O) groups excluding carboxylic acids is 1. The average Bonchev–Trinajstić information content (AvgIpc) is 2.44. The molecule has 3 N–H and O–H groups in total. The molecule has 0 heterocycles. The molecule has 7 heteroatoms. The van der Waals surface area contributed by atoms with E-state index in [0.29, 0.717) is 5.75 Å². The van der Waals surface area contributed by atoms with Crippen molar-refractivity contribution in [3.05, 3.63) is 23.8 Å². The minimum atomic E-state index is -2.30. The van der Waals surface area contributed by atoms with Gasteiger partial charge in [0.05, 0.1) is 21.3 Å². The number of hydrogen-bond acceptors (Lipinski definition) is 6. The van der Waals surface area contributed by atoms with E-state index in [-0.39, 0.29) is 11.3 Å². The summed E-state index contributed by atoms with van der Waals surface area (Å²) < 4.78 is 14.5. The van der Waals surface area contributed by atoms with Gasteiger partial charge >= 0.3 is 11.9 Å². The Balaban J connectivity index is 3.40. The van der Waals surface area contributed by atoms with Crippen molar-refractivity contribution in [1.82, 2.24) is 0 Å². The SMILES string of the molecule is COC(=O)C(N)(C(=O)O)c1ccc(OC)c(OC)c1. The van der Waals surface area contributed by atoms with Gasteiger partial charge in [-0.25, -0.2) is 9.59 Å². The third kappa shape index (κ3) is 2.45. The predicted octanol–water partition coefficient (Wildman–Crippen LogP) is 0.115. The number of carboxylic acids is 1. The van der Waals surface area contributed by atoms with E-state index >= 15 is 0 Å². The maximum Gasteiger partial charge on any atom is 0.342 e. The first kappa shape index (κ1) is 14.8. The summed E-state index contributed by atoms with van der Waals surface area (Å²) in [5.41, 5.74) is 3.40. The summed E-state index contributed by atoms with van der Waals surface area (Å²) in [4.78, 5) is 22.9. The molecule has 1 rings (SSSR count). The molecule has 0 aliphatic heterocycles. The molecule has 1 aromatic carbocycles. The lowest BCUT2D eigenvalue weighted by molar-refractivity contribution is -0.159. The van der Waals surface area contributed by atoms with Gasteiger partial charge in [-0.1, -0.05) is 6.07 Å². The van der Waals surface area contributed by atoms with Gasteiger partial charge in [0.25, 0.3) is 0 Å². The van der Waals surface area contributed by atoms with E-state index in [1.54, 1.807) is 0 Å². The Morgan fingerprint density at radius 1 is 1.16 bits per heavy atom. The van der Waals surface area contributed by atoms with Crippen LogP contribution in [0.4, 0.5) is 0 Å². The molecular weight excluding hydrogens is 254 g/mol. The fraction of sp³-hybridized carbons (Fsp3) is 0.333. The van der Waals surface area contributed by atoms with Crippen molar-refractivity contribution in [2.75, 3.05) is 21.3 Å². The fourth-order valence-corrected chi connectivity index (χ4v) is 1.57. The summed E-state index contributed by atoms with van der Waals surface area (Å²) in [7, 11) is 3.89. The van der Waals surface area contributed by atoms with Crippen molar-refractivity contribution in [3.8, 4) is 11.5 Å². The third-order valence-electron chi connectivity index (χ3n) is 2.68. The van der Waals surface area contributed by atoms with Crippen LogP contribution in [0.25, 0.3) is 0 Å². The van der Waals surface area contributed by atoms with Crippen molar-refractivity contribution in [2.24, 2.45) is 5.73 Å². The molecule has 1 aromatic rings. The minimum Gasteiger partial charge on any atom is -0.493 e. The molecule has 0 spiro atoms. The number of carboxylic acid groups (broad SMARTS) is 1. The highest BCUT2D eigenvalue weighted by atomic mass is 16.5. The molecule has 19 heavy (non-hydrogen) atoms. The highest BCUT2D eigenvalue weighted by molar-refractivity contribution is 6.04. The second-order valence-corrected chi connectivity index (χ2v) is 3.67. The normalized spacial score (nSPS) is 13.3. The Labute approximate surface area is 109 Å². The van der Waals surface area contributed by atoms with Crippen LogP contribution in [-0.4, -0.2) is 38.4 Å². The van der Waals surface area contributed by atoms with Crippen LogP contribution in [0, 0.1) is 0 Å². The smallest absolute Gasteiger partial charge is 0.342 e. The van der Waals surface area contributed by atoms with E-state index < -0.39 is 17.5 Å². The Morgan fingerprint density at radius 3 is 2.16 bits per heavy atom. The summed E-state index contributed by atoms with van der Waals surface area (Å²) >= 11 is 0. The molecule has 0 fully saturated rings. The molecule has 1 atom stereocenters. The van der Waals surface area contributed by atoms with Gasteiger partial charge in [0.2, 0.25) is 5.54 Å². The second kappa shape index (κ2) is 5.57. The number of nitrogens with two attached hydrogens (primary N) is 1. The molecule has 0 aliphatic carbocycles. The van der Waals surface area contributed by atoms with Gasteiger partial charge in [-0.3, -0.25) is 0 Å². The maximum atomic E-state index is 11.6. The first-order valence-electron chi connectivity index (χ1n) is 5.25. The van der Waals surface area contributed by atoms with Crippen molar-refractivity contribution >= 4 is 11.9 Å². The zero-order chi connectivity index (χ0) is 14.6. The molecular formula is C12H15NO6. The summed E-state index contributed by atoms with van der Waals surface area (Å²) in [5, 5.41) is 9.18. The molecule has 0 amide bonds. The predicted molar refractivity (Wildman–Crippen MR) is 65.1 cm³/mol. The van der Waals surface area contributed by atoms with Gasteiger partial charge in [0, 0.05) is 0 Å². The number of esters is 1. The number of aliphatic carboxylic acids is 1. The van der Waals surface area contributed by atoms with Crippen LogP contribution < -0.4 is 15.2 Å². The Hall–Kier alpha value is -2.28. The number of ether oxygens (including phenoxy) is 3. The van der Waals surface area contributed by atoms with Crippen molar-refractivity contribution in [1.29, 1.82) is 0 Å². The number of hydrogen-bond donors (Lipinski definition) is 2. The molecule has 0 saturated heterocycles. The van der Waals surface area contributed by atoms with E-state index in [1.165, 1.54) is 32.4 Å². The minimum absolute atomic E-state index is 0.0319. The topological polar surface area (TPSA) is 108 Å². The van der Waals surface area contributed by atoms with Crippen LogP contribution >= 0.6 is 0 Å². The monoisotopic (exact) mass is 269 g/mol. The van der Waals surface area contributed by atoms with Gasteiger partial charge in [0.15, 0.2) is 11.5 Å². The lowest BCUT2D eigenvalue weighted by atomic mass is 9.91. The second-order valence-electron chi connectivity index (χ2n) is 3.67. The summed E-state index contributed by atoms with van der Waals surface area (Å²) in [5.74, 6) is -1.94. The van der Waals surface area contributed by atoms with Crippen LogP contribution in [0.1, 0.15) is 5.56 Å². The third-order valence-corrected chi connectivity index (χ3v) is 2.68. The van der Waals surface area contributed by atoms with E-state index in [0.717, 1.165) is 7.11 Å². The lowest BCUT2D eigenvalue weighted by Gasteiger charge is -2.23. The summed E-state index contributed by atoms with van der Waals surface area (Å²) in [6.07, 6.45) is 0. The quantitative estimate of drug-likeness (QED) is 0.577. The number of methoxy groups -OCH3 is 3. The van der Waals surface area contributed by atoms with Crippen LogP contribution in [0.5, 0.6) is 11.5 Å². The molecule has 0 radical (unpaired) electrons. The molecule has 0 aliphatic rings. The maximum absolute atomic E-state index is 11.6. The molecule has 0 bridgehead atoms. The first-order valence-corrected chi connectivity index (χ1v) is 5.25. The van der Waals surface area contributed by atoms with Crippen molar-refractivity contribution in [3.63, 3.8) is 0 Å². The molecule has 0 saturated carbocycles. The van der Waals surface area contributed by atoms with Crippen LogP contribution in [-0.2, 0) is 19.9 Å². The fourth-order valence-electron chi connectivity index (χ4n) is 1.57.